The Morgan fingerprint density at radius 1 is 1.47 bits per heavy atom. The van der Waals surface area contributed by atoms with Gasteiger partial charge in [-0.1, -0.05) is 20.8 Å². The Morgan fingerprint density at radius 3 is 2.67 bits per heavy atom. The third-order valence-corrected chi connectivity index (χ3v) is 4.32. The van der Waals surface area contributed by atoms with Crippen LogP contribution in [0.1, 0.15) is 32.1 Å². The molecule has 1 nitrogen and oxygen atoms in total. The number of hydrogen-bond acceptors (Lipinski definition) is 2. The van der Waals surface area contributed by atoms with Crippen molar-refractivity contribution < 1.29 is 0 Å². The molecule has 0 bridgehead atoms. The Balaban J connectivity index is 2.54. The molecular weight excluding hydrogens is 270 g/mol. The van der Waals surface area contributed by atoms with Crippen molar-refractivity contribution in [3.8, 4) is 0 Å². The lowest BCUT2D eigenvalue weighted by molar-refractivity contribution is 0.425. The second-order valence-electron chi connectivity index (χ2n) is 4.28. The van der Waals surface area contributed by atoms with Crippen LogP contribution >= 0.6 is 27.3 Å². The molecule has 0 aliphatic carbocycles. The van der Waals surface area contributed by atoms with Gasteiger partial charge in [0, 0.05) is 15.4 Å². The van der Waals surface area contributed by atoms with Gasteiger partial charge in [0.1, 0.15) is 0 Å². The van der Waals surface area contributed by atoms with Crippen LogP contribution < -0.4 is 5.32 Å². The average molecular weight is 290 g/mol. The molecule has 0 aliphatic heterocycles. The molecule has 0 aliphatic rings. The molecule has 15 heavy (non-hydrogen) atoms. The second-order valence-corrected chi connectivity index (χ2v) is 6.13. The lowest BCUT2D eigenvalue weighted by Gasteiger charge is -2.19. The fourth-order valence-electron chi connectivity index (χ4n) is 1.79. The van der Waals surface area contributed by atoms with Crippen molar-refractivity contribution >= 4 is 27.3 Å². The van der Waals surface area contributed by atoms with Crippen LogP contribution in [0.3, 0.4) is 0 Å². The zero-order chi connectivity index (χ0) is 11.3. The molecule has 1 unspecified atom stereocenters. The maximum Gasteiger partial charge on any atom is 0.0314 e. The number of rotatable bonds is 6. The average Bonchev–Trinajstić information content (AvgIpc) is 2.51. The van der Waals surface area contributed by atoms with Gasteiger partial charge in [0.25, 0.3) is 0 Å². The predicted octanol–water partition coefficient (Wildman–Crippen LogP) is 4.08. The largest absolute Gasteiger partial charge is 0.314 e. The third-order valence-electron chi connectivity index (χ3n) is 2.37. The molecule has 0 fully saturated rings. The number of likely N-dealkylation sites (N-methyl/N-ethyl adjacent to an activating group) is 1. The topological polar surface area (TPSA) is 12.0 Å². The number of nitrogens with one attached hydrogen (secondary N) is 1. The molecular formula is C12H20BrNS. The Bertz CT molecular complexity index is 283. The smallest absolute Gasteiger partial charge is 0.0314 e. The molecule has 0 saturated heterocycles. The van der Waals surface area contributed by atoms with Crippen molar-refractivity contribution in [2.45, 2.75) is 39.7 Å². The maximum atomic E-state index is 3.59. The van der Waals surface area contributed by atoms with Gasteiger partial charge in [0.2, 0.25) is 0 Å². The van der Waals surface area contributed by atoms with E-state index in [0.717, 1.165) is 18.9 Å². The Labute approximate surface area is 105 Å². The minimum atomic E-state index is 0.616. The van der Waals surface area contributed by atoms with Crippen LogP contribution in [0.15, 0.2) is 15.9 Å². The van der Waals surface area contributed by atoms with Crippen LogP contribution in [0.2, 0.25) is 0 Å². The van der Waals surface area contributed by atoms with Crippen LogP contribution in [0.25, 0.3) is 0 Å². The van der Waals surface area contributed by atoms with Crippen LogP contribution in [0, 0.1) is 5.92 Å². The normalized spacial score (nSPS) is 13.4. The standard InChI is InChI=1S/C12H20BrNS/c1-4-14-10(7-9(2)3)8-12-11(13)5-6-15-12/h5-6,9-10,14H,4,7-8H2,1-3H3. The minimum absolute atomic E-state index is 0.616. The first-order valence-corrected chi connectivity index (χ1v) is 7.26. The van der Waals surface area contributed by atoms with Crippen molar-refractivity contribution in [1.82, 2.24) is 5.32 Å². The van der Waals surface area contributed by atoms with Crippen LogP contribution in [0.4, 0.5) is 0 Å². The van der Waals surface area contributed by atoms with Gasteiger partial charge in [0.15, 0.2) is 0 Å². The first kappa shape index (κ1) is 13.2. The number of hydrogen-bond donors (Lipinski definition) is 1. The van der Waals surface area contributed by atoms with Gasteiger partial charge in [-0.05, 0) is 52.7 Å². The highest BCUT2D eigenvalue weighted by Gasteiger charge is 2.12. The minimum Gasteiger partial charge on any atom is -0.314 e. The first-order chi connectivity index (χ1) is 7.13. The van der Waals surface area contributed by atoms with Gasteiger partial charge in [-0.2, -0.15) is 0 Å². The first-order valence-electron chi connectivity index (χ1n) is 5.58. The van der Waals surface area contributed by atoms with Gasteiger partial charge >= 0.3 is 0 Å². The van der Waals surface area contributed by atoms with E-state index in [1.54, 1.807) is 0 Å². The van der Waals surface area contributed by atoms with Gasteiger partial charge in [-0.15, -0.1) is 11.3 Å². The number of thiophene rings is 1. The molecule has 1 heterocycles. The molecule has 1 aromatic heterocycles. The molecule has 0 amide bonds. The monoisotopic (exact) mass is 289 g/mol. The van der Waals surface area contributed by atoms with E-state index in [9.17, 15) is 0 Å². The Hall–Kier alpha value is 0.140. The summed E-state index contributed by atoms with van der Waals surface area (Å²) in [5.74, 6) is 0.757. The predicted molar refractivity (Wildman–Crippen MR) is 72.6 cm³/mol. The summed E-state index contributed by atoms with van der Waals surface area (Å²) < 4.78 is 1.26. The van der Waals surface area contributed by atoms with Gasteiger partial charge in [0.05, 0.1) is 0 Å². The summed E-state index contributed by atoms with van der Waals surface area (Å²) in [5, 5.41) is 5.72. The highest BCUT2D eigenvalue weighted by atomic mass is 79.9. The Morgan fingerprint density at radius 2 is 2.20 bits per heavy atom. The zero-order valence-corrected chi connectivity index (χ0v) is 12.1. The molecule has 0 aromatic carbocycles. The van der Waals surface area contributed by atoms with Crippen molar-refractivity contribution in [3.05, 3.63) is 20.8 Å². The summed E-state index contributed by atoms with van der Waals surface area (Å²) in [6.07, 6.45) is 2.39. The summed E-state index contributed by atoms with van der Waals surface area (Å²) in [7, 11) is 0. The van der Waals surface area contributed by atoms with E-state index in [0.29, 0.717) is 6.04 Å². The van der Waals surface area contributed by atoms with Crippen molar-refractivity contribution in [1.29, 1.82) is 0 Å². The van der Waals surface area contributed by atoms with E-state index in [1.165, 1.54) is 15.8 Å². The maximum absolute atomic E-state index is 3.59. The van der Waals surface area contributed by atoms with E-state index in [4.69, 9.17) is 0 Å². The lowest BCUT2D eigenvalue weighted by Crippen LogP contribution is -2.32. The van der Waals surface area contributed by atoms with E-state index >= 15 is 0 Å². The van der Waals surface area contributed by atoms with Crippen LogP contribution in [-0.2, 0) is 6.42 Å². The summed E-state index contributed by atoms with van der Waals surface area (Å²) in [6, 6.07) is 2.75. The van der Waals surface area contributed by atoms with E-state index < -0.39 is 0 Å². The van der Waals surface area contributed by atoms with Gasteiger partial charge < -0.3 is 5.32 Å². The summed E-state index contributed by atoms with van der Waals surface area (Å²) >= 11 is 5.44. The molecule has 0 saturated carbocycles. The van der Waals surface area contributed by atoms with Crippen LogP contribution in [-0.4, -0.2) is 12.6 Å². The van der Waals surface area contributed by atoms with E-state index in [-0.39, 0.29) is 0 Å². The molecule has 0 spiro atoms. The molecule has 86 valence electrons. The summed E-state index contributed by atoms with van der Waals surface area (Å²) in [4.78, 5) is 1.46. The highest BCUT2D eigenvalue weighted by Crippen LogP contribution is 2.25. The molecule has 1 N–H and O–H groups in total. The fourth-order valence-corrected chi connectivity index (χ4v) is 3.39. The molecule has 1 rings (SSSR count). The Kier molecular flexibility index (Phi) is 5.87. The third kappa shape index (κ3) is 4.66. The molecule has 1 aromatic rings. The molecule has 3 heteroatoms. The SMILES string of the molecule is CCNC(Cc1sccc1Br)CC(C)C. The van der Waals surface area contributed by atoms with Crippen LogP contribution in [0.5, 0.6) is 0 Å². The molecule has 0 radical (unpaired) electrons. The zero-order valence-electron chi connectivity index (χ0n) is 9.72. The summed E-state index contributed by atoms with van der Waals surface area (Å²) in [6.45, 7) is 7.80. The van der Waals surface area contributed by atoms with E-state index in [2.05, 4.69) is 53.5 Å². The van der Waals surface area contributed by atoms with E-state index in [1.807, 2.05) is 11.3 Å². The molecule has 1 atom stereocenters. The highest BCUT2D eigenvalue weighted by molar-refractivity contribution is 9.10. The summed E-state index contributed by atoms with van der Waals surface area (Å²) in [5.41, 5.74) is 0. The van der Waals surface area contributed by atoms with Crippen molar-refractivity contribution in [3.63, 3.8) is 0 Å². The van der Waals surface area contributed by atoms with Crippen molar-refractivity contribution in [2.75, 3.05) is 6.54 Å². The number of halogens is 1. The lowest BCUT2D eigenvalue weighted by atomic mass is 10.0. The van der Waals surface area contributed by atoms with Gasteiger partial charge in [-0.3, -0.25) is 0 Å². The quantitative estimate of drug-likeness (QED) is 0.832. The second kappa shape index (κ2) is 6.66. The van der Waals surface area contributed by atoms with Crippen molar-refractivity contribution in [2.24, 2.45) is 5.92 Å². The van der Waals surface area contributed by atoms with Gasteiger partial charge in [-0.25, -0.2) is 0 Å². The fraction of sp³-hybridized carbons (Fsp3) is 0.667.